The highest BCUT2D eigenvalue weighted by Gasteiger charge is 2.44. The fraction of sp³-hybridized carbons (Fsp3) is 0.440. The minimum absolute atomic E-state index is 0.0720. The molecule has 1 atom stereocenters. The third kappa shape index (κ3) is 3.74. The first-order chi connectivity index (χ1) is 13.8. The molecule has 154 valence electrons. The summed E-state index contributed by atoms with van der Waals surface area (Å²) in [4.78, 5) is 2.40. The molecule has 1 heterocycles. The molecule has 1 aliphatic carbocycles. The van der Waals surface area contributed by atoms with Gasteiger partial charge in [-0.25, -0.2) is 0 Å². The molecule has 1 fully saturated rings. The van der Waals surface area contributed by atoms with Crippen molar-refractivity contribution in [2.24, 2.45) is 0 Å². The summed E-state index contributed by atoms with van der Waals surface area (Å²) >= 11 is 0. The van der Waals surface area contributed by atoms with Crippen LogP contribution in [0.15, 0.2) is 55.1 Å². The maximum Gasteiger partial charge on any atom is 0.246 e. The number of nitrogens with zero attached hydrogens (tertiary/aromatic N) is 1. The number of rotatable bonds is 6. The Labute approximate surface area is 174 Å². The zero-order valence-electron chi connectivity index (χ0n) is 18.0. The van der Waals surface area contributed by atoms with E-state index in [1.165, 1.54) is 31.2 Å². The normalized spacial score (nSPS) is 19.9. The Bertz CT molecular complexity index is 883. The van der Waals surface area contributed by atoms with Gasteiger partial charge in [-0.05, 0) is 50.7 Å². The molecule has 0 saturated heterocycles. The van der Waals surface area contributed by atoms with E-state index in [-0.39, 0.29) is 11.6 Å². The zero-order chi connectivity index (χ0) is 20.6. The first-order valence-corrected chi connectivity index (χ1v) is 10.5. The lowest BCUT2D eigenvalue weighted by Gasteiger charge is -2.44. The van der Waals surface area contributed by atoms with E-state index in [9.17, 15) is 0 Å². The molecule has 4 heteroatoms. The summed E-state index contributed by atoms with van der Waals surface area (Å²) in [5.74, 6) is 0.933. The van der Waals surface area contributed by atoms with E-state index in [0.29, 0.717) is 0 Å². The third-order valence-corrected chi connectivity index (χ3v) is 6.35. The van der Waals surface area contributed by atoms with Crippen molar-refractivity contribution in [2.45, 2.75) is 56.9 Å². The number of fused-ring (bicyclic) bond motifs is 1. The lowest BCUT2D eigenvalue weighted by Crippen LogP contribution is -2.51. The van der Waals surface area contributed by atoms with Crippen molar-refractivity contribution >= 4 is 5.70 Å². The summed E-state index contributed by atoms with van der Waals surface area (Å²) in [5.41, 5.74) is 3.30. The van der Waals surface area contributed by atoms with Crippen LogP contribution in [0.1, 0.15) is 56.7 Å². The van der Waals surface area contributed by atoms with Gasteiger partial charge in [0.25, 0.3) is 0 Å². The van der Waals surface area contributed by atoms with Crippen LogP contribution in [-0.4, -0.2) is 30.3 Å². The van der Waals surface area contributed by atoms with Crippen molar-refractivity contribution in [2.75, 3.05) is 14.1 Å². The molecule has 0 bridgehead atoms. The second-order valence-electron chi connectivity index (χ2n) is 8.94. The van der Waals surface area contributed by atoms with Gasteiger partial charge < -0.3 is 19.7 Å². The smallest absolute Gasteiger partial charge is 0.246 e. The van der Waals surface area contributed by atoms with E-state index in [1.54, 1.807) is 0 Å². The Morgan fingerprint density at radius 3 is 2.31 bits per heavy atom. The van der Waals surface area contributed by atoms with Crippen LogP contribution < -0.4 is 14.8 Å². The van der Waals surface area contributed by atoms with E-state index < -0.39 is 5.79 Å². The average Bonchev–Trinajstić information content (AvgIpc) is 3.29. The second kappa shape index (κ2) is 7.42. The Balaban J connectivity index is 1.64. The predicted molar refractivity (Wildman–Crippen MR) is 118 cm³/mol. The van der Waals surface area contributed by atoms with Crippen LogP contribution in [0.2, 0.25) is 0 Å². The van der Waals surface area contributed by atoms with Crippen LogP contribution in [-0.2, 0) is 0 Å². The molecule has 2 aliphatic rings. The molecule has 1 N–H and O–H groups in total. The quantitative estimate of drug-likeness (QED) is 0.717. The highest BCUT2D eigenvalue weighted by Crippen LogP contribution is 2.45. The average molecular weight is 393 g/mol. The summed E-state index contributed by atoms with van der Waals surface area (Å²) < 4.78 is 11.8. The zero-order valence-corrected chi connectivity index (χ0v) is 18.0. The Kier molecular flexibility index (Phi) is 5.07. The fourth-order valence-electron chi connectivity index (χ4n) is 4.82. The van der Waals surface area contributed by atoms with Crippen molar-refractivity contribution in [3.8, 4) is 11.5 Å². The number of benzene rings is 2. The molecule has 0 amide bonds. The molecule has 1 aliphatic heterocycles. The van der Waals surface area contributed by atoms with E-state index in [4.69, 9.17) is 9.47 Å². The summed E-state index contributed by atoms with van der Waals surface area (Å²) in [6, 6.07) is 17.0. The van der Waals surface area contributed by atoms with Gasteiger partial charge in [0.15, 0.2) is 11.5 Å². The molecular weight excluding hydrogens is 360 g/mol. The van der Waals surface area contributed by atoms with Crippen molar-refractivity contribution in [1.82, 2.24) is 10.2 Å². The number of likely N-dealkylation sites (N-methyl/N-ethyl adjacent to an activating group) is 1. The standard InChI is InChI=1S/C25H32N2O2/c1-18(20-13-14-21-22(17-20)29-24(2,3)28-21)26-23(19-11-7-6-8-12-19)25(27(4)5)15-9-10-16-25/h6-8,11-14,17,23,26H,1,9-10,15-16H2,2-5H3. The molecule has 2 aromatic carbocycles. The molecule has 0 radical (unpaired) electrons. The number of hydrogen-bond acceptors (Lipinski definition) is 4. The van der Waals surface area contributed by atoms with Crippen molar-refractivity contribution in [3.05, 3.63) is 66.2 Å². The van der Waals surface area contributed by atoms with Crippen LogP contribution >= 0.6 is 0 Å². The van der Waals surface area contributed by atoms with Gasteiger partial charge in [0.1, 0.15) is 0 Å². The third-order valence-electron chi connectivity index (χ3n) is 6.35. The highest BCUT2D eigenvalue weighted by atomic mass is 16.7. The van der Waals surface area contributed by atoms with Crippen LogP contribution in [0, 0.1) is 0 Å². The van der Waals surface area contributed by atoms with Gasteiger partial charge in [-0.2, -0.15) is 0 Å². The lowest BCUT2D eigenvalue weighted by atomic mass is 9.82. The topological polar surface area (TPSA) is 33.7 Å². The molecule has 1 saturated carbocycles. The molecule has 4 rings (SSSR count). The van der Waals surface area contributed by atoms with Gasteiger partial charge >= 0.3 is 0 Å². The van der Waals surface area contributed by atoms with Gasteiger partial charge in [0, 0.05) is 30.6 Å². The van der Waals surface area contributed by atoms with Crippen molar-refractivity contribution < 1.29 is 9.47 Å². The van der Waals surface area contributed by atoms with Crippen molar-refractivity contribution in [3.63, 3.8) is 0 Å². The number of hydrogen-bond donors (Lipinski definition) is 1. The van der Waals surface area contributed by atoms with Gasteiger partial charge in [-0.3, -0.25) is 0 Å². The second-order valence-corrected chi connectivity index (χ2v) is 8.94. The molecule has 1 unspecified atom stereocenters. The molecule has 29 heavy (non-hydrogen) atoms. The van der Waals surface area contributed by atoms with E-state index in [2.05, 4.69) is 67.3 Å². The first-order valence-electron chi connectivity index (χ1n) is 10.5. The monoisotopic (exact) mass is 392 g/mol. The maximum atomic E-state index is 5.93. The Morgan fingerprint density at radius 1 is 1.00 bits per heavy atom. The molecule has 0 spiro atoms. The van der Waals surface area contributed by atoms with Gasteiger partial charge in [0.05, 0.1) is 6.04 Å². The molecule has 4 nitrogen and oxygen atoms in total. The van der Waals surface area contributed by atoms with Crippen LogP contribution in [0.4, 0.5) is 0 Å². The van der Waals surface area contributed by atoms with Crippen LogP contribution in [0.3, 0.4) is 0 Å². The first kappa shape index (κ1) is 19.8. The summed E-state index contributed by atoms with van der Waals surface area (Å²) in [6.45, 7) is 8.23. The maximum absolute atomic E-state index is 5.93. The van der Waals surface area contributed by atoms with Gasteiger partial charge in [-0.15, -0.1) is 0 Å². The molecule has 0 aromatic heterocycles. The number of ether oxygens (including phenoxy) is 2. The lowest BCUT2D eigenvalue weighted by molar-refractivity contribution is -0.0431. The largest absolute Gasteiger partial charge is 0.449 e. The van der Waals surface area contributed by atoms with Crippen molar-refractivity contribution in [1.29, 1.82) is 0 Å². The minimum Gasteiger partial charge on any atom is -0.449 e. The molecule has 2 aromatic rings. The summed E-state index contributed by atoms with van der Waals surface area (Å²) in [5, 5.41) is 3.79. The minimum atomic E-state index is -0.624. The van der Waals surface area contributed by atoms with E-state index in [0.717, 1.165) is 22.8 Å². The number of nitrogens with one attached hydrogen (secondary N) is 1. The molecular formula is C25H32N2O2. The highest BCUT2D eigenvalue weighted by molar-refractivity contribution is 5.66. The van der Waals surface area contributed by atoms with Crippen LogP contribution in [0.25, 0.3) is 5.70 Å². The summed E-state index contributed by atoms with van der Waals surface area (Å²) in [6.07, 6.45) is 4.87. The van der Waals surface area contributed by atoms with E-state index in [1.807, 2.05) is 26.0 Å². The summed E-state index contributed by atoms with van der Waals surface area (Å²) in [7, 11) is 4.41. The predicted octanol–water partition coefficient (Wildman–Crippen LogP) is 5.37. The Hall–Kier alpha value is -2.46. The Morgan fingerprint density at radius 2 is 1.66 bits per heavy atom. The van der Waals surface area contributed by atoms with Gasteiger partial charge in [0.2, 0.25) is 5.79 Å². The van der Waals surface area contributed by atoms with Crippen LogP contribution in [0.5, 0.6) is 11.5 Å². The van der Waals surface area contributed by atoms with E-state index >= 15 is 0 Å². The van der Waals surface area contributed by atoms with Gasteiger partial charge in [-0.1, -0.05) is 49.8 Å². The fourth-order valence-corrected chi connectivity index (χ4v) is 4.82. The SMILES string of the molecule is C=C(NC(c1ccccc1)C1(N(C)C)CCCC1)c1ccc2c(c1)OC(C)(C)O2.